The quantitative estimate of drug-likeness (QED) is 0.562. The number of benzene rings is 1. The topological polar surface area (TPSA) is 77.0 Å². The van der Waals surface area contributed by atoms with Gasteiger partial charge in [0, 0.05) is 25.0 Å². The predicted octanol–water partition coefficient (Wildman–Crippen LogP) is 0.0132. The number of nitro groups is 1. The van der Waals surface area contributed by atoms with E-state index in [1.807, 2.05) is 0 Å². The van der Waals surface area contributed by atoms with Gasteiger partial charge in [-0.2, -0.15) is 0 Å². The molecule has 0 unspecified atom stereocenters. The molecule has 1 fully saturated rings. The molecule has 6 heteroatoms. The number of ether oxygens (including phenoxy) is 1. The SMILES string of the molecule is O=[N+]([O-])c1ccc(OC[C@@H](O)C[NH+]2CCCC2)cc1. The predicted molar refractivity (Wildman–Crippen MR) is 69.4 cm³/mol. The van der Waals surface area contributed by atoms with Gasteiger partial charge in [0.2, 0.25) is 0 Å². The number of aliphatic hydroxyl groups is 1. The van der Waals surface area contributed by atoms with Crippen LogP contribution in [0.15, 0.2) is 24.3 Å². The lowest BCUT2D eigenvalue weighted by molar-refractivity contribution is -0.890. The molecular formula is C13H19N2O4+. The van der Waals surface area contributed by atoms with Gasteiger partial charge in [0.1, 0.15) is 25.0 Å². The Hall–Kier alpha value is -1.66. The minimum absolute atomic E-state index is 0.0365. The maximum absolute atomic E-state index is 10.5. The third-order valence-corrected chi connectivity index (χ3v) is 3.32. The van der Waals surface area contributed by atoms with E-state index in [-0.39, 0.29) is 12.3 Å². The zero-order valence-electron chi connectivity index (χ0n) is 10.7. The van der Waals surface area contributed by atoms with E-state index in [0.29, 0.717) is 12.3 Å². The highest BCUT2D eigenvalue weighted by Gasteiger charge is 2.19. The van der Waals surface area contributed by atoms with E-state index in [2.05, 4.69) is 0 Å². The minimum atomic E-state index is -0.497. The molecular weight excluding hydrogens is 248 g/mol. The first-order valence-corrected chi connectivity index (χ1v) is 6.54. The zero-order valence-corrected chi connectivity index (χ0v) is 10.7. The van der Waals surface area contributed by atoms with E-state index in [4.69, 9.17) is 4.74 Å². The summed E-state index contributed by atoms with van der Waals surface area (Å²) in [6, 6.07) is 5.89. The number of hydrogen-bond acceptors (Lipinski definition) is 4. The number of nitro benzene ring substituents is 1. The lowest BCUT2D eigenvalue weighted by Gasteiger charge is -2.17. The van der Waals surface area contributed by atoms with Crippen molar-refractivity contribution < 1.29 is 19.7 Å². The molecule has 0 saturated carbocycles. The minimum Gasteiger partial charge on any atom is -0.491 e. The third-order valence-electron chi connectivity index (χ3n) is 3.32. The Bertz CT molecular complexity index is 415. The summed E-state index contributed by atoms with van der Waals surface area (Å²) in [6.45, 7) is 3.16. The van der Waals surface area contributed by atoms with Crippen LogP contribution in [0.3, 0.4) is 0 Å². The van der Waals surface area contributed by atoms with Gasteiger partial charge in [-0.1, -0.05) is 0 Å². The largest absolute Gasteiger partial charge is 0.491 e. The molecule has 1 aromatic rings. The highest BCUT2D eigenvalue weighted by molar-refractivity contribution is 5.35. The van der Waals surface area contributed by atoms with E-state index in [1.165, 1.54) is 29.9 Å². The molecule has 1 aliphatic rings. The van der Waals surface area contributed by atoms with Crippen molar-refractivity contribution in [1.82, 2.24) is 0 Å². The standard InChI is InChI=1S/C13H18N2O4/c16-12(9-14-7-1-2-8-14)10-19-13-5-3-11(4-6-13)15(17)18/h3-6,12,16H,1-2,7-10H2/p+1/t12-/m0/s1. The van der Waals surface area contributed by atoms with Crippen LogP contribution in [0.4, 0.5) is 5.69 Å². The molecule has 19 heavy (non-hydrogen) atoms. The van der Waals surface area contributed by atoms with E-state index in [9.17, 15) is 15.2 Å². The lowest BCUT2D eigenvalue weighted by atomic mass is 10.3. The Balaban J connectivity index is 1.76. The lowest BCUT2D eigenvalue weighted by Crippen LogP contribution is -3.11. The summed E-state index contributed by atoms with van der Waals surface area (Å²) >= 11 is 0. The first-order chi connectivity index (χ1) is 9.15. The van der Waals surface area contributed by atoms with Crippen LogP contribution < -0.4 is 9.64 Å². The van der Waals surface area contributed by atoms with Gasteiger partial charge < -0.3 is 14.7 Å². The normalized spacial score (nSPS) is 17.3. The Morgan fingerprint density at radius 2 is 1.95 bits per heavy atom. The second-order valence-corrected chi connectivity index (χ2v) is 4.88. The summed E-state index contributed by atoms with van der Waals surface area (Å²) in [6.07, 6.45) is 1.96. The van der Waals surface area contributed by atoms with Crippen molar-refractivity contribution in [1.29, 1.82) is 0 Å². The van der Waals surface area contributed by atoms with Crippen molar-refractivity contribution >= 4 is 5.69 Å². The van der Waals surface area contributed by atoms with Crippen LogP contribution >= 0.6 is 0 Å². The third kappa shape index (κ3) is 4.18. The van der Waals surface area contributed by atoms with Gasteiger partial charge in [-0.05, 0) is 12.1 Å². The fraction of sp³-hybridized carbons (Fsp3) is 0.538. The molecule has 2 rings (SSSR count). The summed E-state index contributed by atoms with van der Waals surface area (Å²) in [5, 5.41) is 20.4. The first kappa shape index (κ1) is 13.8. The van der Waals surface area contributed by atoms with Gasteiger partial charge in [0.15, 0.2) is 0 Å². The molecule has 104 valence electrons. The van der Waals surface area contributed by atoms with Crippen LogP contribution in [0.2, 0.25) is 0 Å². The van der Waals surface area contributed by atoms with Gasteiger partial charge in [0.05, 0.1) is 18.0 Å². The summed E-state index contributed by atoms with van der Waals surface area (Å²) in [7, 11) is 0. The molecule has 1 heterocycles. The second kappa shape index (κ2) is 6.49. The summed E-state index contributed by atoms with van der Waals surface area (Å²) in [5.41, 5.74) is 0.0365. The molecule has 2 N–H and O–H groups in total. The Kier molecular flexibility index (Phi) is 4.70. The number of hydrogen-bond donors (Lipinski definition) is 2. The average molecular weight is 267 g/mol. The molecule has 6 nitrogen and oxygen atoms in total. The Labute approximate surface area is 111 Å². The molecule has 1 aliphatic heterocycles. The molecule has 0 aromatic heterocycles. The molecule has 0 amide bonds. The molecule has 1 saturated heterocycles. The van der Waals surface area contributed by atoms with Crippen molar-refractivity contribution in [2.45, 2.75) is 18.9 Å². The van der Waals surface area contributed by atoms with Gasteiger partial charge in [0.25, 0.3) is 5.69 Å². The van der Waals surface area contributed by atoms with Crippen LogP contribution in [-0.2, 0) is 0 Å². The fourth-order valence-corrected chi connectivity index (χ4v) is 2.33. The van der Waals surface area contributed by atoms with Gasteiger partial charge >= 0.3 is 0 Å². The number of non-ortho nitro benzene ring substituents is 1. The van der Waals surface area contributed by atoms with Gasteiger partial charge in [-0.15, -0.1) is 0 Å². The maximum atomic E-state index is 10.5. The van der Waals surface area contributed by atoms with Crippen molar-refractivity contribution in [3.8, 4) is 5.75 Å². The second-order valence-electron chi connectivity index (χ2n) is 4.88. The summed E-state index contributed by atoms with van der Waals surface area (Å²) in [5.74, 6) is 0.543. The van der Waals surface area contributed by atoms with Crippen LogP contribution in [0.5, 0.6) is 5.75 Å². The average Bonchev–Trinajstić information content (AvgIpc) is 2.89. The monoisotopic (exact) mass is 267 g/mol. The van der Waals surface area contributed by atoms with E-state index in [0.717, 1.165) is 13.1 Å². The fourth-order valence-electron chi connectivity index (χ4n) is 2.33. The smallest absolute Gasteiger partial charge is 0.269 e. The highest BCUT2D eigenvalue weighted by atomic mass is 16.6. The van der Waals surface area contributed by atoms with Crippen LogP contribution in [0.1, 0.15) is 12.8 Å². The number of nitrogens with zero attached hydrogens (tertiary/aromatic N) is 1. The van der Waals surface area contributed by atoms with Crippen LogP contribution in [0, 0.1) is 10.1 Å². The Morgan fingerprint density at radius 1 is 1.32 bits per heavy atom. The van der Waals surface area contributed by atoms with Crippen molar-refractivity contribution in [3.05, 3.63) is 34.4 Å². The maximum Gasteiger partial charge on any atom is 0.269 e. The van der Waals surface area contributed by atoms with Crippen molar-refractivity contribution in [3.63, 3.8) is 0 Å². The molecule has 0 spiro atoms. The van der Waals surface area contributed by atoms with Gasteiger partial charge in [-0.25, -0.2) is 0 Å². The zero-order chi connectivity index (χ0) is 13.7. The van der Waals surface area contributed by atoms with Crippen molar-refractivity contribution in [2.24, 2.45) is 0 Å². The summed E-state index contributed by atoms with van der Waals surface area (Å²) < 4.78 is 5.43. The number of rotatable bonds is 6. The molecule has 1 atom stereocenters. The first-order valence-electron chi connectivity index (χ1n) is 6.54. The number of nitrogens with one attached hydrogen (secondary N) is 1. The van der Waals surface area contributed by atoms with E-state index in [1.54, 1.807) is 12.1 Å². The highest BCUT2D eigenvalue weighted by Crippen LogP contribution is 2.17. The molecule has 0 radical (unpaired) electrons. The number of quaternary nitrogens is 1. The van der Waals surface area contributed by atoms with Crippen LogP contribution in [-0.4, -0.2) is 42.4 Å². The number of aliphatic hydroxyl groups excluding tert-OH is 1. The van der Waals surface area contributed by atoms with E-state index >= 15 is 0 Å². The molecule has 0 bridgehead atoms. The summed E-state index contributed by atoms with van der Waals surface area (Å²) in [4.78, 5) is 11.5. The molecule has 0 aliphatic carbocycles. The van der Waals surface area contributed by atoms with E-state index < -0.39 is 11.0 Å². The van der Waals surface area contributed by atoms with Crippen molar-refractivity contribution in [2.75, 3.05) is 26.2 Å². The number of likely N-dealkylation sites (tertiary alicyclic amines) is 1. The molecule has 1 aromatic carbocycles. The Morgan fingerprint density at radius 3 is 2.53 bits per heavy atom. The van der Waals surface area contributed by atoms with Crippen LogP contribution in [0.25, 0.3) is 0 Å². The van der Waals surface area contributed by atoms with Gasteiger partial charge in [-0.3, -0.25) is 10.1 Å².